The van der Waals surface area contributed by atoms with Crippen molar-refractivity contribution >= 4 is 6.09 Å². The molecule has 0 aromatic heterocycles. The predicted molar refractivity (Wildman–Crippen MR) is 49.9 cm³/mol. The van der Waals surface area contributed by atoms with Gasteiger partial charge in [-0.1, -0.05) is 0 Å². The van der Waals surface area contributed by atoms with Gasteiger partial charge in [-0.05, 0) is 27.2 Å². The number of likely N-dealkylation sites (tertiary alicyclic amines) is 1. The van der Waals surface area contributed by atoms with Crippen LogP contribution in [0.2, 0.25) is 0 Å². The second-order valence-electron chi connectivity index (χ2n) is 4.44. The summed E-state index contributed by atoms with van der Waals surface area (Å²) in [5.41, 5.74) is -0.477. The van der Waals surface area contributed by atoms with Crippen molar-refractivity contribution in [2.45, 2.75) is 38.9 Å². The standard InChI is InChI=1S/C9H17NO4/c1-9(2,3)13-8(11)10-5-4-7(6-10)14-12/h7,12H,4-6H2,1-3H3/t7-/m1/s1. The van der Waals surface area contributed by atoms with Crippen LogP contribution in [0.3, 0.4) is 0 Å². The molecule has 1 saturated heterocycles. The number of carbonyl (C=O) groups excluding carboxylic acids is 1. The molecule has 1 atom stereocenters. The minimum Gasteiger partial charge on any atom is -0.444 e. The van der Waals surface area contributed by atoms with Gasteiger partial charge in [-0.2, -0.15) is 0 Å². The molecule has 0 aromatic carbocycles. The molecule has 82 valence electrons. The van der Waals surface area contributed by atoms with Crippen molar-refractivity contribution in [2.24, 2.45) is 0 Å². The Morgan fingerprint density at radius 3 is 2.57 bits per heavy atom. The molecule has 1 aliphatic rings. The topological polar surface area (TPSA) is 59.0 Å². The summed E-state index contributed by atoms with van der Waals surface area (Å²) >= 11 is 0. The Morgan fingerprint density at radius 1 is 1.50 bits per heavy atom. The number of amides is 1. The third-order valence-corrected chi connectivity index (χ3v) is 1.95. The lowest BCUT2D eigenvalue weighted by Crippen LogP contribution is -2.35. The largest absolute Gasteiger partial charge is 0.444 e. The summed E-state index contributed by atoms with van der Waals surface area (Å²) < 4.78 is 5.16. The zero-order valence-electron chi connectivity index (χ0n) is 8.82. The fraction of sp³-hybridized carbons (Fsp3) is 0.889. The van der Waals surface area contributed by atoms with Crippen molar-refractivity contribution in [3.63, 3.8) is 0 Å². The Balaban J connectivity index is 2.40. The van der Waals surface area contributed by atoms with Crippen molar-refractivity contribution in [1.82, 2.24) is 4.90 Å². The zero-order valence-corrected chi connectivity index (χ0v) is 8.82. The lowest BCUT2D eigenvalue weighted by Gasteiger charge is -2.24. The SMILES string of the molecule is CC(C)(C)OC(=O)N1CC[C@@H](OO)C1. The van der Waals surface area contributed by atoms with E-state index in [0.29, 0.717) is 19.5 Å². The monoisotopic (exact) mass is 203 g/mol. The Kier molecular flexibility index (Phi) is 3.34. The summed E-state index contributed by atoms with van der Waals surface area (Å²) in [5.74, 6) is 0. The van der Waals surface area contributed by atoms with Gasteiger partial charge in [0.15, 0.2) is 0 Å². The molecule has 1 N–H and O–H groups in total. The van der Waals surface area contributed by atoms with Crippen molar-refractivity contribution < 1.29 is 19.7 Å². The molecule has 1 rings (SSSR count). The lowest BCUT2D eigenvalue weighted by molar-refractivity contribution is -0.274. The van der Waals surface area contributed by atoms with Crippen LogP contribution in [0, 0.1) is 0 Å². The van der Waals surface area contributed by atoms with Gasteiger partial charge < -0.3 is 9.64 Å². The molecular weight excluding hydrogens is 186 g/mol. The van der Waals surface area contributed by atoms with E-state index >= 15 is 0 Å². The molecule has 5 nitrogen and oxygen atoms in total. The Bertz CT molecular complexity index is 211. The van der Waals surface area contributed by atoms with Crippen molar-refractivity contribution in [3.05, 3.63) is 0 Å². The first kappa shape index (κ1) is 11.3. The van der Waals surface area contributed by atoms with Crippen LogP contribution in [0.4, 0.5) is 4.79 Å². The Labute approximate surface area is 83.5 Å². The summed E-state index contributed by atoms with van der Waals surface area (Å²) in [6.07, 6.45) is 0.0232. The van der Waals surface area contributed by atoms with Crippen LogP contribution in [0.1, 0.15) is 27.2 Å². The van der Waals surface area contributed by atoms with E-state index in [1.165, 1.54) is 4.90 Å². The second kappa shape index (κ2) is 4.14. The van der Waals surface area contributed by atoms with E-state index in [9.17, 15) is 4.79 Å². The smallest absolute Gasteiger partial charge is 0.410 e. The lowest BCUT2D eigenvalue weighted by atomic mass is 10.2. The van der Waals surface area contributed by atoms with Gasteiger partial charge in [0.1, 0.15) is 11.7 Å². The molecule has 1 fully saturated rings. The van der Waals surface area contributed by atoms with Gasteiger partial charge in [0.2, 0.25) is 0 Å². The normalized spacial score (nSPS) is 22.6. The first-order valence-electron chi connectivity index (χ1n) is 4.70. The van der Waals surface area contributed by atoms with Gasteiger partial charge in [0, 0.05) is 6.54 Å². The van der Waals surface area contributed by atoms with E-state index < -0.39 is 5.60 Å². The Morgan fingerprint density at radius 2 is 2.14 bits per heavy atom. The van der Waals surface area contributed by atoms with E-state index in [4.69, 9.17) is 9.99 Å². The third kappa shape index (κ3) is 3.16. The average molecular weight is 203 g/mol. The predicted octanol–water partition coefficient (Wildman–Crippen LogP) is 1.49. The average Bonchev–Trinajstić information content (AvgIpc) is 2.48. The number of hydrogen-bond acceptors (Lipinski definition) is 4. The van der Waals surface area contributed by atoms with Gasteiger partial charge in [0.05, 0.1) is 6.54 Å². The van der Waals surface area contributed by atoms with E-state index in [-0.39, 0.29) is 12.2 Å². The van der Waals surface area contributed by atoms with Crippen LogP contribution in [0.15, 0.2) is 0 Å². The van der Waals surface area contributed by atoms with Crippen LogP contribution in [0.5, 0.6) is 0 Å². The minimum absolute atomic E-state index is 0.275. The number of ether oxygens (including phenoxy) is 1. The highest BCUT2D eigenvalue weighted by atomic mass is 17.1. The fourth-order valence-electron chi connectivity index (χ4n) is 1.31. The molecule has 0 unspecified atom stereocenters. The molecule has 0 spiro atoms. The van der Waals surface area contributed by atoms with E-state index in [1.807, 2.05) is 20.8 Å². The number of carbonyl (C=O) groups is 1. The van der Waals surface area contributed by atoms with Crippen molar-refractivity contribution in [1.29, 1.82) is 0 Å². The highest BCUT2D eigenvalue weighted by molar-refractivity contribution is 5.68. The third-order valence-electron chi connectivity index (χ3n) is 1.95. The molecule has 1 aliphatic heterocycles. The van der Waals surface area contributed by atoms with E-state index in [1.54, 1.807) is 0 Å². The molecule has 0 saturated carbocycles. The molecular formula is C9H17NO4. The highest BCUT2D eigenvalue weighted by Gasteiger charge is 2.30. The number of nitrogens with zero attached hydrogens (tertiary/aromatic N) is 1. The van der Waals surface area contributed by atoms with Gasteiger partial charge >= 0.3 is 6.09 Å². The summed E-state index contributed by atoms with van der Waals surface area (Å²) in [6.45, 7) is 6.43. The summed E-state index contributed by atoms with van der Waals surface area (Å²) in [6, 6.07) is 0. The minimum atomic E-state index is -0.477. The van der Waals surface area contributed by atoms with E-state index in [0.717, 1.165) is 0 Å². The van der Waals surface area contributed by atoms with Gasteiger partial charge in [-0.15, -0.1) is 0 Å². The second-order valence-corrected chi connectivity index (χ2v) is 4.44. The van der Waals surface area contributed by atoms with Crippen LogP contribution in [-0.2, 0) is 9.62 Å². The molecule has 5 heteroatoms. The summed E-state index contributed by atoms with van der Waals surface area (Å²) in [4.78, 5) is 17.2. The summed E-state index contributed by atoms with van der Waals surface area (Å²) in [5, 5.41) is 8.42. The van der Waals surface area contributed by atoms with Crippen molar-refractivity contribution in [2.75, 3.05) is 13.1 Å². The summed E-state index contributed by atoms with van der Waals surface area (Å²) in [7, 11) is 0. The van der Waals surface area contributed by atoms with E-state index in [2.05, 4.69) is 4.89 Å². The number of hydrogen-bond donors (Lipinski definition) is 1. The fourth-order valence-corrected chi connectivity index (χ4v) is 1.31. The van der Waals surface area contributed by atoms with Crippen LogP contribution in [0.25, 0.3) is 0 Å². The molecule has 0 radical (unpaired) electrons. The highest BCUT2D eigenvalue weighted by Crippen LogP contribution is 2.16. The Hall–Kier alpha value is -0.810. The quantitative estimate of drug-likeness (QED) is 0.518. The van der Waals surface area contributed by atoms with Gasteiger partial charge in [-0.25, -0.2) is 9.68 Å². The molecule has 1 amide bonds. The van der Waals surface area contributed by atoms with Crippen molar-refractivity contribution in [3.8, 4) is 0 Å². The first-order valence-corrected chi connectivity index (χ1v) is 4.70. The van der Waals surface area contributed by atoms with Crippen LogP contribution < -0.4 is 0 Å². The van der Waals surface area contributed by atoms with Crippen LogP contribution >= 0.6 is 0 Å². The van der Waals surface area contributed by atoms with Gasteiger partial charge in [0.25, 0.3) is 0 Å². The molecule has 0 aliphatic carbocycles. The van der Waals surface area contributed by atoms with Crippen LogP contribution in [-0.4, -0.2) is 41.0 Å². The number of rotatable bonds is 1. The maximum atomic E-state index is 11.5. The molecule has 1 heterocycles. The molecule has 14 heavy (non-hydrogen) atoms. The maximum absolute atomic E-state index is 11.5. The zero-order chi connectivity index (χ0) is 10.8. The first-order chi connectivity index (χ1) is 6.42. The molecule has 0 bridgehead atoms. The molecule has 0 aromatic rings. The maximum Gasteiger partial charge on any atom is 0.410 e. The van der Waals surface area contributed by atoms with Gasteiger partial charge in [-0.3, -0.25) is 5.26 Å².